The number of benzene rings is 2. The summed E-state index contributed by atoms with van der Waals surface area (Å²) in [4.78, 5) is 8.28. The molecular formula is C22H20ClN3. The molecule has 4 heteroatoms. The van der Waals surface area contributed by atoms with Crippen LogP contribution in [0.1, 0.15) is 11.1 Å². The molecule has 0 spiro atoms. The average Bonchev–Trinajstić information content (AvgIpc) is 2.67. The van der Waals surface area contributed by atoms with Crippen LogP contribution in [0.15, 0.2) is 101 Å². The zero-order chi connectivity index (χ0) is 17.3. The molecule has 0 saturated carbocycles. The Morgan fingerprint density at radius 3 is 2.19 bits per heavy atom. The molecule has 0 amide bonds. The molecule has 26 heavy (non-hydrogen) atoms. The zero-order valence-corrected chi connectivity index (χ0v) is 15.0. The van der Waals surface area contributed by atoms with Crippen molar-refractivity contribution in [2.24, 2.45) is 15.9 Å². The van der Waals surface area contributed by atoms with E-state index >= 15 is 0 Å². The Bertz CT molecular complexity index is 863. The van der Waals surface area contributed by atoms with Gasteiger partial charge in [0.2, 0.25) is 5.96 Å². The van der Waals surface area contributed by atoms with E-state index in [4.69, 9.17) is 5.41 Å². The van der Waals surface area contributed by atoms with Crippen LogP contribution in [0.5, 0.6) is 0 Å². The third kappa shape index (κ3) is 5.80. The molecule has 130 valence electrons. The van der Waals surface area contributed by atoms with Crippen LogP contribution in [0.4, 0.5) is 0 Å². The number of allylic oxidation sites excluding steroid dienone is 5. The highest BCUT2D eigenvalue weighted by Crippen LogP contribution is 2.20. The molecule has 3 nitrogen and oxygen atoms in total. The molecule has 1 N–H and O–H groups in total. The molecule has 1 unspecified atom stereocenters. The van der Waals surface area contributed by atoms with Crippen molar-refractivity contribution >= 4 is 36.9 Å². The molecule has 3 rings (SSSR count). The highest BCUT2D eigenvalue weighted by molar-refractivity contribution is 5.96. The monoisotopic (exact) mass is 361 g/mol. The first-order valence-electron chi connectivity index (χ1n) is 8.15. The van der Waals surface area contributed by atoms with Crippen LogP contribution in [-0.2, 0) is 0 Å². The summed E-state index contributed by atoms with van der Waals surface area (Å²) in [7, 11) is 0. The predicted octanol–water partition coefficient (Wildman–Crippen LogP) is 5.36. The van der Waals surface area contributed by atoms with Crippen molar-refractivity contribution in [1.82, 2.24) is 0 Å². The fourth-order valence-electron chi connectivity index (χ4n) is 2.45. The van der Waals surface area contributed by atoms with E-state index in [1.165, 1.54) is 0 Å². The highest BCUT2D eigenvalue weighted by Gasteiger charge is 2.09. The van der Waals surface area contributed by atoms with Crippen molar-refractivity contribution in [1.29, 1.82) is 5.41 Å². The summed E-state index contributed by atoms with van der Waals surface area (Å²) in [6.45, 7) is 0. The minimum Gasteiger partial charge on any atom is -0.266 e. The normalized spacial score (nSPS) is 17.7. The van der Waals surface area contributed by atoms with Crippen molar-refractivity contribution < 1.29 is 0 Å². The van der Waals surface area contributed by atoms with Crippen molar-refractivity contribution in [3.8, 4) is 0 Å². The van der Waals surface area contributed by atoms with E-state index in [0.717, 1.165) is 16.7 Å². The summed E-state index contributed by atoms with van der Waals surface area (Å²) in [5.41, 5.74) is 3.23. The fourth-order valence-corrected chi connectivity index (χ4v) is 2.45. The lowest BCUT2D eigenvalue weighted by atomic mass is 9.94. The molecule has 0 heterocycles. The molecule has 0 fully saturated rings. The highest BCUT2D eigenvalue weighted by atomic mass is 35.5. The molecule has 0 bridgehead atoms. The first-order valence-corrected chi connectivity index (χ1v) is 8.15. The number of nitrogens with one attached hydrogen (secondary N) is 1. The van der Waals surface area contributed by atoms with E-state index < -0.39 is 0 Å². The summed E-state index contributed by atoms with van der Waals surface area (Å²) >= 11 is 0. The van der Waals surface area contributed by atoms with Gasteiger partial charge in [0, 0.05) is 18.3 Å². The first-order chi connectivity index (χ1) is 12.3. The van der Waals surface area contributed by atoms with E-state index in [9.17, 15) is 0 Å². The third-order valence-electron chi connectivity index (χ3n) is 3.73. The quantitative estimate of drug-likeness (QED) is 0.565. The molecule has 0 radical (unpaired) electrons. The average molecular weight is 362 g/mol. The Labute approximate surface area is 160 Å². The maximum absolute atomic E-state index is 7.89. The minimum atomic E-state index is -0.00846. The number of aliphatic imine (C=N–C) groups is 2. The van der Waals surface area contributed by atoms with Crippen molar-refractivity contribution in [3.63, 3.8) is 0 Å². The van der Waals surface area contributed by atoms with E-state index in [-0.39, 0.29) is 24.3 Å². The minimum absolute atomic E-state index is 0. The lowest BCUT2D eigenvalue weighted by Gasteiger charge is -2.12. The zero-order valence-electron chi connectivity index (χ0n) is 14.2. The summed E-state index contributed by atoms with van der Waals surface area (Å²) in [6.07, 6.45) is 13.7. The number of hydrogen-bond acceptors (Lipinski definition) is 1. The van der Waals surface area contributed by atoms with Gasteiger partial charge in [-0.1, -0.05) is 91.0 Å². The number of rotatable bonds is 3. The maximum atomic E-state index is 7.89. The number of halogens is 1. The second-order valence-corrected chi connectivity index (χ2v) is 5.60. The molecular weight excluding hydrogens is 342 g/mol. The van der Waals surface area contributed by atoms with Crippen LogP contribution < -0.4 is 0 Å². The van der Waals surface area contributed by atoms with Crippen molar-refractivity contribution in [2.75, 3.05) is 0 Å². The molecule has 0 aliphatic heterocycles. The van der Waals surface area contributed by atoms with Gasteiger partial charge in [-0.25, -0.2) is 9.98 Å². The lowest BCUT2D eigenvalue weighted by molar-refractivity contribution is 1.09. The standard InChI is InChI=1S/C22H19N3.ClH/c23-22(24-16-19-11-5-2-6-12-19)25-17-21-14-8-7-13-20(21)15-18-9-3-1-4-10-18;/h1-17,21,23H;1H. The Hall–Kier alpha value is -3.04. The van der Waals surface area contributed by atoms with Crippen molar-refractivity contribution in [3.05, 3.63) is 102 Å². The Morgan fingerprint density at radius 2 is 1.50 bits per heavy atom. The van der Waals surface area contributed by atoms with Crippen LogP contribution in [0.2, 0.25) is 0 Å². The van der Waals surface area contributed by atoms with Crippen LogP contribution in [0, 0.1) is 11.3 Å². The SMILES string of the molecule is Cl.N=C(N=Cc1ccccc1)N=CC1C=CC=CC1=Cc1ccccc1. The van der Waals surface area contributed by atoms with Gasteiger partial charge < -0.3 is 0 Å². The van der Waals surface area contributed by atoms with E-state index in [1.807, 2.05) is 60.7 Å². The molecule has 1 atom stereocenters. The second kappa shape index (κ2) is 10.1. The van der Waals surface area contributed by atoms with Gasteiger partial charge in [-0.2, -0.15) is 0 Å². The summed E-state index contributed by atoms with van der Waals surface area (Å²) in [5, 5.41) is 7.89. The number of guanidine groups is 1. The number of hydrogen-bond donors (Lipinski definition) is 1. The Kier molecular flexibility index (Phi) is 7.47. The summed E-state index contributed by atoms with van der Waals surface area (Å²) in [5.74, 6) is 0.0309. The van der Waals surface area contributed by atoms with Gasteiger partial charge >= 0.3 is 0 Å². The summed E-state index contributed by atoms with van der Waals surface area (Å²) < 4.78 is 0. The van der Waals surface area contributed by atoms with Crippen molar-refractivity contribution in [2.45, 2.75) is 0 Å². The number of nitrogens with zero attached hydrogens (tertiary/aromatic N) is 2. The molecule has 2 aromatic carbocycles. The lowest BCUT2D eigenvalue weighted by Crippen LogP contribution is -2.05. The molecule has 1 aliphatic rings. The van der Waals surface area contributed by atoms with Gasteiger partial charge in [-0.3, -0.25) is 5.41 Å². The predicted molar refractivity (Wildman–Crippen MR) is 114 cm³/mol. The maximum Gasteiger partial charge on any atom is 0.241 e. The molecule has 0 aromatic heterocycles. The van der Waals surface area contributed by atoms with Gasteiger partial charge in [-0.05, 0) is 16.7 Å². The molecule has 1 aliphatic carbocycles. The van der Waals surface area contributed by atoms with Crippen LogP contribution in [0.25, 0.3) is 6.08 Å². The topological polar surface area (TPSA) is 48.6 Å². The first kappa shape index (κ1) is 19.3. The smallest absolute Gasteiger partial charge is 0.241 e. The van der Waals surface area contributed by atoms with E-state index in [0.29, 0.717) is 0 Å². The van der Waals surface area contributed by atoms with E-state index in [2.05, 4.69) is 40.3 Å². The summed E-state index contributed by atoms with van der Waals surface area (Å²) in [6, 6.07) is 19.9. The molecule has 2 aromatic rings. The fraction of sp³-hybridized carbons (Fsp3) is 0.0455. The van der Waals surface area contributed by atoms with Crippen LogP contribution in [0.3, 0.4) is 0 Å². The molecule has 0 saturated heterocycles. The van der Waals surface area contributed by atoms with Gasteiger partial charge in [0.15, 0.2) is 0 Å². The van der Waals surface area contributed by atoms with E-state index in [1.54, 1.807) is 12.4 Å². The Balaban J connectivity index is 0.00000243. The van der Waals surface area contributed by atoms with Gasteiger partial charge in [0.25, 0.3) is 0 Å². The third-order valence-corrected chi connectivity index (χ3v) is 3.73. The van der Waals surface area contributed by atoms with Gasteiger partial charge in [0.1, 0.15) is 0 Å². The van der Waals surface area contributed by atoms with Crippen LogP contribution >= 0.6 is 12.4 Å². The second-order valence-electron chi connectivity index (χ2n) is 5.60. The van der Waals surface area contributed by atoms with Crippen LogP contribution in [-0.4, -0.2) is 18.4 Å². The largest absolute Gasteiger partial charge is 0.266 e. The van der Waals surface area contributed by atoms with Gasteiger partial charge in [0.05, 0.1) is 0 Å². The van der Waals surface area contributed by atoms with Gasteiger partial charge in [-0.15, -0.1) is 12.4 Å². The Morgan fingerprint density at radius 1 is 0.846 bits per heavy atom.